The molecule has 0 amide bonds. The van der Waals surface area contributed by atoms with Gasteiger partial charge in [0, 0.05) is 43.9 Å². The van der Waals surface area contributed by atoms with E-state index in [1.807, 2.05) is 11.3 Å². The van der Waals surface area contributed by atoms with Gasteiger partial charge in [0.25, 0.3) is 6.71 Å². The molecule has 0 atom stereocenters. The summed E-state index contributed by atoms with van der Waals surface area (Å²) in [5.41, 5.74) is 26.1. The van der Waals surface area contributed by atoms with Crippen molar-refractivity contribution in [1.82, 2.24) is 0 Å². The molecule has 4 heteroatoms. The van der Waals surface area contributed by atoms with Crippen molar-refractivity contribution >= 4 is 88.7 Å². The quantitative estimate of drug-likeness (QED) is 0.163. The highest BCUT2D eigenvalue weighted by Gasteiger charge is 2.48. The third-order valence-corrected chi connectivity index (χ3v) is 19.5. The van der Waals surface area contributed by atoms with Crippen LogP contribution in [0.15, 0.2) is 115 Å². The molecule has 0 unspecified atom stereocenters. The van der Waals surface area contributed by atoms with E-state index in [0.717, 1.165) is 0 Å². The van der Waals surface area contributed by atoms with E-state index in [2.05, 4.69) is 236 Å². The van der Waals surface area contributed by atoms with E-state index >= 15 is 0 Å². The SMILES string of the molecule is Cc1cc(C(C)(C)C)ccc1N1c2cc3c(cc2B2c4ccc5c(sc6ccc(C(C)(C)C)cc65)c4N(c4cc5c(cc4C)C(C)(C)CCC5(C)C)c4cc(-c5ccccc5)cc1c42)C(C)(C)CCC3(C)C. The van der Waals surface area contributed by atoms with Crippen molar-refractivity contribution in [2.24, 2.45) is 0 Å². The fourth-order valence-electron chi connectivity index (χ4n) is 13.5. The topological polar surface area (TPSA) is 6.48 Å². The van der Waals surface area contributed by atoms with Crippen LogP contribution in [-0.4, -0.2) is 6.71 Å². The minimum atomic E-state index is 0.00525. The van der Waals surface area contributed by atoms with Gasteiger partial charge < -0.3 is 9.80 Å². The van der Waals surface area contributed by atoms with Gasteiger partial charge in [-0.15, -0.1) is 11.3 Å². The van der Waals surface area contributed by atoms with Crippen LogP contribution < -0.4 is 26.2 Å². The highest BCUT2D eigenvalue weighted by Crippen LogP contribution is 2.55. The first kappa shape index (κ1) is 47.4. The molecule has 7 aromatic carbocycles. The molecule has 0 bridgehead atoms. The highest BCUT2D eigenvalue weighted by atomic mass is 32.1. The fourth-order valence-corrected chi connectivity index (χ4v) is 14.7. The zero-order valence-corrected chi connectivity index (χ0v) is 47.0. The molecule has 72 heavy (non-hydrogen) atoms. The normalized spacial score (nSPS) is 18.1. The van der Waals surface area contributed by atoms with Crippen LogP contribution in [0.5, 0.6) is 0 Å². The summed E-state index contributed by atoms with van der Waals surface area (Å²) >= 11 is 1.99. The van der Waals surface area contributed by atoms with Crippen molar-refractivity contribution in [3.8, 4) is 11.1 Å². The van der Waals surface area contributed by atoms with E-state index in [1.165, 1.54) is 152 Å². The molecule has 0 saturated heterocycles. The number of rotatable bonds is 3. The maximum atomic E-state index is 2.77. The Labute approximate surface area is 436 Å². The van der Waals surface area contributed by atoms with Gasteiger partial charge in [0.05, 0.1) is 10.4 Å². The summed E-state index contributed by atoms with van der Waals surface area (Å²) in [7, 11) is 0. The van der Waals surface area contributed by atoms with Gasteiger partial charge in [-0.2, -0.15) is 0 Å². The molecule has 12 rings (SSSR count). The summed E-state index contributed by atoms with van der Waals surface area (Å²) in [6, 6.07) is 46.6. The Hall–Kier alpha value is -5.58. The zero-order valence-electron chi connectivity index (χ0n) is 46.2. The fraction of sp³-hybridized carbons (Fsp3) is 0.382. The predicted molar refractivity (Wildman–Crippen MR) is 316 cm³/mol. The van der Waals surface area contributed by atoms with E-state index < -0.39 is 0 Å². The summed E-state index contributed by atoms with van der Waals surface area (Å²) < 4.78 is 2.72. The van der Waals surface area contributed by atoms with Gasteiger partial charge in [0.15, 0.2) is 0 Å². The van der Waals surface area contributed by atoms with E-state index in [1.54, 1.807) is 0 Å². The van der Waals surface area contributed by atoms with Gasteiger partial charge in [-0.3, -0.25) is 0 Å². The molecule has 2 nitrogen and oxygen atoms in total. The van der Waals surface area contributed by atoms with Crippen LogP contribution in [-0.2, 0) is 32.5 Å². The van der Waals surface area contributed by atoms with Crippen LogP contribution in [0, 0.1) is 13.8 Å². The largest absolute Gasteiger partial charge is 0.311 e. The Kier molecular flexibility index (Phi) is 10.2. The maximum absolute atomic E-state index is 2.77. The van der Waals surface area contributed by atoms with E-state index in [-0.39, 0.29) is 39.2 Å². The van der Waals surface area contributed by atoms with Crippen LogP contribution in [0.1, 0.15) is 167 Å². The molecule has 0 N–H and O–H groups in total. The molecule has 1 aromatic heterocycles. The molecular weight excluding hydrogens is 888 g/mol. The smallest absolute Gasteiger partial charge is 0.252 e. The average molecular weight is 963 g/mol. The second kappa shape index (κ2) is 15.5. The first-order chi connectivity index (χ1) is 33.7. The number of thiophene rings is 1. The lowest BCUT2D eigenvalue weighted by molar-refractivity contribution is 0.332. The molecule has 0 radical (unpaired) electrons. The van der Waals surface area contributed by atoms with Crippen LogP contribution in [0.25, 0.3) is 31.3 Å². The molecule has 2 aliphatic heterocycles. The average Bonchev–Trinajstić information content (AvgIpc) is 3.70. The summed E-state index contributed by atoms with van der Waals surface area (Å²) in [6.07, 6.45) is 4.69. The van der Waals surface area contributed by atoms with E-state index in [9.17, 15) is 0 Å². The second-order valence-corrected chi connectivity index (χ2v) is 28.3. The third-order valence-electron chi connectivity index (χ3n) is 18.3. The first-order valence-electron chi connectivity index (χ1n) is 27.0. The van der Waals surface area contributed by atoms with Crippen molar-refractivity contribution in [3.05, 3.63) is 160 Å². The number of anilines is 6. The van der Waals surface area contributed by atoms with Crippen molar-refractivity contribution in [2.75, 3.05) is 9.80 Å². The van der Waals surface area contributed by atoms with Crippen LogP contribution in [0.2, 0.25) is 0 Å². The molecule has 0 spiro atoms. The minimum absolute atomic E-state index is 0.00525. The Morgan fingerprint density at radius 3 is 1.57 bits per heavy atom. The Bertz CT molecular complexity index is 3590. The van der Waals surface area contributed by atoms with Crippen molar-refractivity contribution < 1.29 is 0 Å². The number of nitrogens with zero attached hydrogens (tertiary/aromatic N) is 2. The van der Waals surface area contributed by atoms with Crippen molar-refractivity contribution in [2.45, 2.75) is 169 Å². The van der Waals surface area contributed by atoms with Gasteiger partial charge in [0.1, 0.15) is 0 Å². The summed E-state index contributed by atoms with van der Waals surface area (Å²) in [4.78, 5) is 5.48. The molecule has 2 aliphatic carbocycles. The maximum Gasteiger partial charge on any atom is 0.252 e. The lowest BCUT2D eigenvalue weighted by Crippen LogP contribution is -2.62. The zero-order chi connectivity index (χ0) is 51.0. The summed E-state index contributed by atoms with van der Waals surface area (Å²) in [6.45, 7) is 38.7. The number of fused-ring (bicyclic) bond motifs is 10. The van der Waals surface area contributed by atoms with E-state index in [0.29, 0.717) is 0 Å². The molecule has 4 aliphatic rings. The Morgan fingerprint density at radius 2 is 0.972 bits per heavy atom. The predicted octanol–water partition coefficient (Wildman–Crippen LogP) is 17.7. The van der Waals surface area contributed by atoms with Gasteiger partial charge in [-0.25, -0.2) is 0 Å². The van der Waals surface area contributed by atoms with Gasteiger partial charge >= 0.3 is 0 Å². The number of hydrogen-bond donors (Lipinski definition) is 0. The van der Waals surface area contributed by atoms with Gasteiger partial charge in [0.2, 0.25) is 0 Å². The number of aryl methyl sites for hydroxylation is 2. The monoisotopic (exact) mass is 963 g/mol. The highest BCUT2D eigenvalue weighted by molar-refractivity contribution is 7.26. The van der Waals surface area contributed by atoms with Crippen molar-refractivity contribution in [3.63, 3.8) is 0 Å². The lowest BCUT2D eigenvalue weighted by Gasteiger charge is -2.48. The molecular formula is C68H75BN2S. The molecule has 3 heterocycles. The van der Waals surface area contributed by atoms with E-state index in [4.69, 9.17) is 0 Å². The Morgan fingerprint density at radius 1 is 0.444 bits per heavy atom. The lowest BCUT2D eigenvalue weighted by atomic mass is 9.33. The van der Waals surface area contributed by atoms with Gasteiger partial charge in [-0.05, 0) is 187 Å². The first-order valence-corrected chi connectivity index (χ1v) is 27.9. The second-order valence-electron chi connectivity index (χ2n) is 27.3. The Balaban J connectivity index is 1.27. The standard InChI is InChI=1S/C68H75BN2S/c1-40-32-44(63(3,4)5)22-26-54(40)70-56-39-51-49(66(11,12)29-31-68(51,15)16)37-53(56)69-52-25-24-46-47-36-45(64(6,7)8)23-27-59(47)72-62(46)61(52)71(58-35-43(34-57(70)60(58)69)42-20-18-17-19-21-42)55-38-50-48(33-41(55)2)65(9,10)28-30-67(50,13)14/h17-27,32-39H,28-31H2,1-16H3. The summed E-state index contributed by atoms with van der Waals surface area (Å²) in [5.74, 6) is 0. The summed E-state index contributed by atoms with van der Waals surface area (Å²) in [5, 5.41) is 2.72. The van der Waals surface area contributed by atoms with Gasteiger partial charge in [-0.1, -0.05) is 170 Å². The van der Waals surface area contributed by atoms with Crippen LogP contribution >= 0.6 is 11.3 Å². The molecule has 366 valence electrons. The number of hydrogen-bond acceptors (Lipinski definition) is 3. The van der Waals surface area contributed by atoms with Crippen molar-refractivity contribution in [1.29, 1.82) is 0 Å². The minimum Gasteiger partial charge on any atom is -0.311 e. The van der Waals surface area contributed by atoms with Crippen LogP contribution in [0.4, 0.5) is 34.1 Å². The molecule has 0 saturated carbocycles. The molecule has 8 aromatic rings. The van der Waals surface area contributed by atoms with Crippen LogP contribution in [0.3, 0.4) is 0 Å². The molecule has 0 fully saturated rings. The number of benzene rings is 7. The third kappa shape index (κ3) is 7.07.